The first-order valence-corrected chi connectivity index (χ1v) is 10.1. The van der Waals surface area contributed by atoms with Crippen molar-refractivity contribution >= 4 is 28.6 Å². The van der Waals surface area contributed by atoms with Crippen LogP contribution in [0.5, 0.6) is 0 Å². The summed E-state index contributed by atoms with van der Waals surface area (Å²) in [7, 11) is 0. The van der Waals surface area contributed by atoms with Crippen molar-refractivity contribution in [3.63, 3.8) is 0 Å². The van der Waals surface area contributed by atoms with Crippen molar-refractivity contribution in [1.29, 1.82) is 0 Å². The number of carbonyl (C=O) groups is 1. The van der Waals surface area contributed by atoms with Crippen LogP contribution < -0.4 is 10.9 Å². The van der Waals surface area contributed by atoms with Crippen molar-refractivity contribution in [3.8, 4) is 0 Å². The Morgan fingerprint density at radius 1 is 1.46 bits per heavy atom. The Labute approximate surface area is 157 Å². The first-order valence-electron chi connectivity index (χ1n) is 9.11. The standard InChI is InChI=1S/C19H25N3O3S/c1-3-13(2)20-17(23)12-26-19-21-16-9-5-4-8-15(16)18(24)22(19)11-14-7-6-10-25-14/h4-5,8-9,13-14H,3,6-7,10-12H2,1-2H3,(H,20,23)/t13-,14-/m0/s1. The molecule has 0 spiro atoms. The minimum absolute atomic E-state index is 0.0314. The first-order chi connectivity index (χ1) is 12.6. The third kappa shape index (κ3) is 4.45. The molecule has 1 aromatic carbocycles. The number of thioether (sulfide) groups is 1. The molecule has 0 aliphatic carbocycles. The third-order valence-corrected chi connectivity index (χ3v) is 5.57. The van der Waals surface area contributed by atoms with E-state index >= 15 is 0 Å². The van der Waals surface area contributed by atoms with Gasteiger partial charge in [0.1, 0.15) is 0 Å². The molecular weight excluding hydrogens is 350 g/mol. The number of hydrogen-bond donors (Lipinski definition) is 1. The molecule has 0 unspecified atom stereocenters. The van der Waals surface area contributed by atoms with E-state index in [-0.39, 0.29) is 29.4 Å². The summed E-state index contributed by atoms with van der Waals surface area (Å²) in [6.07, 6.45) is 2.87. The van der Waals surface area contributed by atoms with Gasteiger partial charge in [-0.2, -0.15) is 0 Å². The lowest BCUT2D eigenvalue weighted by atomic mass is 10.2. The van der Waals surface area contributed by atoms with Crippen LogP contribution in [0.3, 0.4) is 0 Å². The van der Waals surface area contributed by atoms with Gasteiger partial charge in [0, 0.05) is 12.6 Å². The van der Waals surface area contributed by atoms with Gasteiger partial charge in [-0.15, -0.1) is 0 Å². The predicted octanol–water partition coefficient (Wildman–Crippen LogP) is 2.58. The Hall–Kier alpha value is -1.86. The van der Waals surface area contributed by atoms with Gasteiger partial charge >= 0.3 is 0 Å². The van der Waals surface area contributed by atoms with Crippen molar-refractivity contribution in [2.24, 2.45) is 0 Å². The molecule has 2 aromatic rings. The second-order valence-electron chi connectivity index (χ2n) is 6.63. The quantitative estimate of drug-likeness (QED) is 0.595. The number of ether oxygens (including phenoxy) is 1. The SMILES string of the molecule is CC[C@H](C)NC(=O)CSc1nc2ccccc2c(=O)n1C[C@@H]1CCCO1. The summed E-state index contributed by atoms with van der Waals surface area (Å²) in [5, 5.41) is 4.11. The van der Waals surface area contributed by atoms with Crippen LogP contribution in [0.25, 0.3) is 10.9 Å². The highest BCUT2D eigenvalue weighted by Crippen LogP contribution is 2.21. The van der Waals surface area contributed by atoms with Crippen molar-refractivity contribution < 1.29 is 9.53 Å². The number of benzene rings is 1. The highest BCUT2D eigenvalue weighted by molar-refractivity contribution is 7.99. The molecule has 0 saturated carbocycles. The average Bonchev–Trinajstić information content (AvgIpc) is 3.15. The fraction of sp³-hybridized carbons (Fsp3) is 0.526. The monoisotopic (exact) mass is 375 g/mol. The van der Waals surface area contributed by atoms with Gasteiger partial charge < -0.3 is 10.1 Å². The molecule has 6 nitrogen and oxygen atoms in total. The summed E-state index contributed by atoms with van der Waals surface area (Å²) >= 11 is 1.30. The van der Waals surface area contributed by atoms with Crippen molar-refractivity contribution in [2.75, 3.05) is 12.4 Å². The molecule has 1 N–H and O–H groups in total. The van der Waals surface area contributed by atoms with Crippen molar-refractivity contribution in [1.82, 2.24) is 14.9 Å². The molecule has 0 bridgehead atoms. The van der Waals surface area contributed by atoms with Gasteiger partial charge in [0.2, 0.25) is 5.91 Å². The lowest BCUT2D eigenvalue weighted by Gasteiger charge is -2.17. The molecule has 0 radical (unpaired) electrons. The van der Waals surface area contributed by atoms with E-state index in [1.807, 2.05) is 32.0 Å². The molecule has 1 aromatic heterocycles. The number of nitrogens with zero attached hydrogens (tertiary/aromatic N) is 2. The number of hydrogen-bond acceptors (Lipinski definition) is 5. The minimum atomic E-state index is -0.0732. The predicted molar refractivity (Wildman–Crippen MR) is 104 cm³/mol. The zero-order valence-electron chi connectivity index (χ0n) is 15.2. The lowest BCUT2D eigenvalue weighted by Crippen LogP contribution is -2.34. The molecule has 1 aliphatic heterocycles. The number of aromatic nitrogens is 2. The zero-order chi connectivity index (χ0) is 18.5. The number of rotatable bonds is 7. The first kappa shape index (κ1) is 18.9. The summed E-state index contributed by atoms with van der Waals surface area (Å²) in [4.78, 5) is 29.7. The topological polar surface area (TPSA) is 73.2 Å². The number of fused-ring (bicyclic) bond motifs is 1. The van der Waals surface area contributed by atoms with Crippen LogP contribution in [0.1, 0.15) is 33.1 Å². The summed E-state index contributed by atoms with van der Waals surface area (Å²) < 4.78 is 7.36. The van der Waals surface area contributed by atoms with E-state index in [1.165, 1.54) is 11.8 Å². The van der Waals surface area contributed by atoms with Crippen molar-refractivity contribution in [3.05, 3.63) is 34.6 Å². The Morgan fingerprint density at radius 3 is 3.00 bits per heavy atom. The van der Waals surface area contributed by atoms with Crippen LogP contribution in [0, 0.1) is 0 Å². The Morgan fingerprint density at radius 2 is 2.27 bits per heavy atom. The Balaban J connectivity index is 1.86. The molecule has 7 heteroatoms. The van der Waals surface area contributed by atoms with E-state index in [9.17, 15) is 9.59 Å². The number of carbonyl (C=O) groups excluding carboxylic acids is 1. The molecule has 140 valence electrons. The molecule has 26 heavy (non-hydrogen) atoms. The zero-order valence-corrected chi connectivity index (χ0v) is 16.1. The fourth-order valence-corrected chi connectivity index (χ4v) is 3.78. The van der Waals surface area contributed by atoms with E-state index in [4.69, 9.17) is 4.74 Å². The van der Waals surface area contributed by atoms with Crippen LogP contribution in [0.15, 0.2) is 34.2 Å². The highest BCUT2D eigenvalue weighted by Gasteiger charge is 2.20. The molecular formula is C19H25N3O3S. The van der Waals surface area contributed by atoms with E-state index in [1.54, 1.807) is 10.6 Å². The second kappa shape index (κ2) is 8.68. The number of amides is 1. The van der Waals surface area contributed by atoms with Gasteiger partial charge in [-0.05, 0) is 38.3 Å². The largest absolute Gasteiger partial charge is 0.376 e. The minimum Gasteiger partial charge on any atom is -0.376 e. The average molecular weight is 375 g/mol. The summed E-state index contributed by atoms with van der Waals surface area (Å²) in [5.74, 6) is 0.191. The van der Waals surface area contributed by atoms with E-state index in [2.05, 4.69) is 10.3 Å². The van der Waals surface area contributed by atoms with Crippen LogP contribution in [-0.4, -0.2) is 40.0 Å². The number of para-hydroxylation sites is 1. The lowest BCUT2D eigenvalue weighted by molar-refractivity contribution is -0.119. The van der Waals surface area contributed by atoms with Crippen LogP contribution in [0.4, 0.5) is 0 Å². The maximum Gasteiger partial charge on any atom is 0.262 e. The van der Waals surface area contributed by atoms with E-state index < -0.39 is 0 Å². The molecule has 1 aliphatic rings. The molecule has 1 fully saturated rings. The van der Waals surface area contributed by atoms with Crippen LogP contribution >= 0.6 is 11.8 Å². The molecule has 1 amide bonds. The van der Waals surface area contributed by atoms with Crippen molar-refractivity contribution in [2.45, 2.75) is 57.0 Å². The van der Waals surface area contributed by atoms with E-state index in [0.717, 1.165) is 25.9 Å². The van der Waals surface area contributed by atoms with Gasteiger partial charge in [-0.25, -0.2) is 4.98 Å². The van der Waals surface area contributed by atoms with Gasteiger partial charge in [0.15, 0.2) is 5.16 Å². The Bertz CT molecular complexity index is 830. The summed E-state index contributed by atoms with van der Waals surface area (Å²) in [6, 6.07) is 7.47. The number of nitrogens with one attached hydrogen (secondary N) is 1. The van der Waals surface area contributed by atoms with Gasteiger partial charge in [0.05, 0.1) is 29.3 Å². The molecule has 2 heterocycles. The molecule has 1 saturated heterocycles. The Kier molecular flexibility index (Phi) is 6.32. The summed E-state index contributed by atoms with van der Waals surface area (Å²) in [5.41, 5.74) is 0.585. The molecule has 2 atom stereocenters. The second-order valence-corrected chi connectivity index (χ2v) is 7.57. The van der Waals surface area contributed by atoms with Gasteiger partial charge in [-0.1, -0.05) is 30.8 Å². The van der Waals surface area contributed by atoms with Crippen LogP contribution in [-0.2, 0) is 16.1 Å². The normalized spacial score (nSPS) is 18.2. The summed E-state index contributed by atoms with van der Waals surface area (Å²) in [6.45, 7) is 5.22. The maximum atomic E-state index is 13.0. The van der Waals surface area contributed by atoms with E-state index in [0.29, 0.717) is 22.6 Å². The fourth-order valence-electron chi connectivity index (χ4n) is 2.96. The third-order valence-electron chi connectivity index (χ3n) is 4.59. The smallest absolute Gasteiger partial charge is 0.262 e. The molecule has 3 rings (SSSR count). The van der Waals surface area contributed by atoms with Crippen LogP contribution in [0.2, 0.25) is 0 Å². The highest BCUT2D eigenvalue weighted by atomic mass is 32.2. The van der Waals surface area contributed by atoms with Gasteiger partial charge in [0.25, 0.3) is 5.56 Å². The maximum absolute atomic E-state index is 13.0. The van der Waals surface area contributed by atoms with Gasteiger partial charge in [-0.3, -0.25) is 14.2 Å².